The molecule has 0 aliphatic heterocycles. The number of halogens is 1. The highest BCUT2D eigenvalue weighted by Gasteiger charge is 2.30. The number of benzene rings is 2. The zero-order chi connectivity index (χ0) is 21.4. The van der Waals surface area contributed by atoms with Crippen LogP contribution in [-0.2, 0) is 16.1 Å². The molecule has 0 aliphatic carbocycles. The van der Waals surface area contributed by atoms with Gasteiger partial charge in [0, 0.05) is 17.1 Å². The van der Waals surface area contributed by atoms with Crippen molar-refractivity contribution >= 4 is 23.4 Å². The van der Waals surface area contributed by atoms with Crippen molar-refractivity contribution < 1.29 is 14.3 Å². The van der Waals surface area contributed by atoms with Crippen LogP contribution in [0.4, 0.5) is 0 Å². The molecule has 156 valence electrons. The van der Waals surface area contributed by atoms with Gasteiger partial charge in [-0.2, -0.15) is 0 Å². The van der Waals surface area contributed by atoms with Gasteiger partial charge in [0.05, 0.1) is 0 Å². The highest BCUT2D eigenvalue weighted by atomic mass is 35.5. The Labute approximate surface area is 178 Å². The number of nitrogens with one attached hydrogen (secondary N) is 1. The molecule has 0 radical (unpaired) electrons. The van der Waals surface area contributed by atoms with Crippen LogP contribution < -0.4 is 10.1 Å². The second kappa shape index (κ2) is 10.3. The Morgan fingerprint density at radius 1 is 1.10 bits per heavy atom. The molecule has 0 heterocycles. The summed E-state index contributed by atoms with van der Waals surface area (Å²) in [4.78, 5) is 27.5. The van der Waals surface area contributed by atoms with E-state index in [1.165, 1.54) is 0 Å². The van der Waals surface area contributed by atoms with Gasteiger partial charge in [0.1, 0.15) is 11.8 Å². The molecule has 2 aromatic carbocycles. The standard InChI is InChI=1S/C23H29ClN2O3/c1-5-20(22(28)25-23(2,3)4)26(15-17-10-7-6-8-11-17)21(27)16-29-19-13-9-12-18(24)14-19/h6-14,20H,5,15-16H2,1-4H3,(H,25,28)/t20-/m0/s1. The maximum Gasteiger partial charge on any atom is 0.261 e. The second-order valence-corrected chi connectivity index (χ2v) is 8.35. The van der Waals surface area contributed by atoms with Gasteiger partial charge in [0.15, 0.2) is 6.61 Å². The van der Waals surface area contributed by atoms with Gasteiger partial charge >= 0.3 is 0 Å². The molecule has 0 fully saturated rings. The fraction of sp³-hybridized carbons (Fsp3) is 0.391. The molecule has 2 rings (SSSR count). The molecule has 0 saturated carbocycles. The molecule has 0 unspecified atom stereocenters. The van der Waals surface area contributed by atoms with E-state index >= 15 is 0 Å². The summed E-state index contributed by atoms with van der Waals surface area (Å²) in [6, 6.07) is 15.9. The fourth-order valence-corrected chi connectivity index (χ4v) is 3.12. The van der Waals surface area contributed by atoms with E-state index in [2.05, 4.69) is 5.32 Å². The summed E-state index contributed by atoms with van der Waals surface area (Å²) in [5.41, 5.74) is 0.564. The van der Waals surface area contributed by atoms with Crippen LogP contribution in [0, 0.1) is 0 Å². The van der Waals surface area contributed by atoms with Crippen molar-refractivity contribution in [2.75, 3.05) is 6.61 Å². The van der Waals surface area contributed by atoms with Gasteiger partial charge in [-0.1, -0.05) is 54.9 Å². The van der Waals surface area contributed by atoms with Crippen LogP contribution in [0.3, 0.4) is 0 Å². The van der Waals surface area contributed by atoms with Crippen LogP contribution >= 0.6 is 11.6 Å². The van der Waals surface area contributed by atoms with E-state index in [9.17, 15) is 9.59 Å². The van der Waals surface area contributed by atoms with Crippen molar-refractivity contribution in [2.24, 2.45) is 0 Å². The lowest BCUT2D eigenvalue weighted by Crippen LogP contribution is -2.54. The molecule has 1 atom stereocenters. The maximum absolute atomic E-state index is 13.1. The number of rotatable bonds is 8. The van der Waals surface area contributed by atoms with E-state index in [1.54, 1.807) is 29.2 Å². The molecule has 2 aromatic rings. The first kappa shape index (κ1) is 22.8. The molecule has 0 aromatic heterocycles. The summed E-state index contributed by atoms with van der Waals surface area (Å²) in [6.45, 7) is 7.81. The number of hydrogen-bond donors (Lipinski definition) is 1. The van der Waals surface area contributed by atoms with Crippen molar-refractivity contribution in [1.82, 2.24) is 10.2 Å². The summed E-state index contributed by atoms with van der Waals surface area (Å²) >= 11 is 5.98. The Kier molecular flexibility index (Phi) is 8.09. The molecular weight excluding hydrogens is 388 g/mol. The minimum Gasteiger partial charge on any atom is -0.484 e. The lowest BCUT2D eigenvalue weighted by atomic mass is 10.1. The van der Waals surface area contributed by atoms with Gasteiger partial charge in [-0.05, 0) is 51.0 Å². The lowest BCUT2D eigenvalue weighted by molar-refractivity contribution is -0.143. The summed E-state index contributed by atoms with van der Waals surface area (Å²) in [5, 5.41) is 3.52. The van der Waals surface area contributed by atoms with Crippen molar-refractivity contribution in [3.05, 3.63) is 65.2 Å². The number of ether oxygens (including phenoxy) is 1. The van der Waals surface area contributed by atoms with E-state index in [0.717, 1.165) is 5.56 Å². The van der Waals surface area contributed by atoms with Crippen molar-refractivity contribution in [3.63, 3.8) is 0 Å². The largest absolute Gasteiger partial charge is 0.484 e. The molecule has 29 heavy (non-hydrogen) atoms. The van der Waals surface area contributed by atoms with Crippen molar-refractivity contribution in [1.29, 1.82) is 0 Å². The summed E-state index contributed by atoms with van der Waals surface area (Å²) in [7, 11) is 0. The third-order valence-corrected chi connectivity index (χ3v) is 4.47. The molecule has 0 spiro atoms. The molecule has 0 saturated heterocycles. The highest BCUT2D eigenvalue weighted by molar-refractivity contribution is 6.30. The Balaban J connectivity index is 2.20. The first-order valence-electron chi connectivity index (χ1n) is 9.73. The third kappa shape index (κ3) is 7.42. The van der Waals surface area contributed by atoms with Gasteiger partial charge in [0.25, 0.3) is 5.91 Å². The van der Waals surface area contributed by atoms with E-state index in [4.69, 9.17) is 16.3 Å². The van der Waals surface area contributed by atoms with Crippen LogP contribution in [0.1, 0.15) is 39.7 Å². The Bertz CT molecular complexity index is 818. The van der Waals surface area contributed by atoms with Gasteiger partial charge < -0.3 is 15.0 Å². The first-order chi connectivity index (χ1) is 13.7. The second-order valence-electron chi connectivity index (χ2n) is 7.92. The molecule has 2 amide bonds. The summed E-state index contributed by atoms with van der Waals surface area (Å²) in [5.74, 6) is 0.0782. The quantitative estimate of drug-likeness (QED) is 0.692. The molecule has 5 nitrogen and oxygen atoms in total. The van der Waals surface area contributed by atoms with Gasteiger partial charge in [-0.3, -0.25) is 9.59 Å². The minimum absolute atomic E-state index is 0.174. The van der Waals surface area contributed by atoms with Crippen LogP contribution in [0.2, 0.25) is 5.02 Å². The van der Waals surface area contributed by atoms with Gasteiger partial charge in [-0.15, -0.1) is 0 Å². The smallest absolute Gasteiger partial charge is 0.261 e. The zero-order valence-electron chi connectivity index (χ0n) is 17.4. The lowest BCUT2D eigenvalue weighted by Gasteiger charge is -2.33. The van der Waals surface area contributed by atoms with Crippen molar-refractivity contribution in [2.45, 2.75) is 52.2 Å². The van der Waals surface area contributed by atoms with E-state index in [-0.39, 0.29) is 24.0 Å². The van der Waals surface area contributed by atoms with Gasteiger partial charge in [0.2, 0.25) is 5.91 Å². The van der Waals surface area contributed by atoms with Crippen LogP contribution in [0.15, 0.2) is 54.6 Å². The molecule has 0 bridgehead atoms. The van der Waals surface area contributed by atoms with Crippen LogP contribution in [0.25, 0.3) is 0 Å². The van der Waals surface area contributed by atoms with Crippen molar-refractivity contribution in [3.8, 4) is 5.75 Å². The zero-order valence-corrected chi connectivity index (χ0v) is 18.2. The Morgan fingerprint density at radius 2 is 1.79 bits per heavy atom. The number of carbonyl (C=O) groups is 2. The molecule has 1 N–H and O–H groups in total. The van der Waals surface area contributed by atoms with E-state index in [1.807, 2.05) is 58.0 Å². The predicted molar refractivity (Wildman–Crippen MR) is 116 cm³/mol. The molecule has 0 aliphatic rings. The predicted octanol–water partition coefficient (Wildman–Crippen LogP) is 4.44. The van der Waals surface area contributed by atoms with E-state index < -0.39 is 6.04 Å². The number of hydrogen-bond acceptors (Lipinski definition) is 3. The fourth-order valence-electron chi connectivity index (χ4n) is 2.94. The highest BCUT2D eigenvalue weighted by Crippen LogP contribution is 2.18. The number of carbonyl (C=O) groups excluding carboxylic acids is 2. The maximum atomic E-state index is 13.1. The summed E-state index contributed by atoms with van der Waals surface area (Å²) < 4.78 is 5.64. The normalized spacial score (nSPS) is 12.2. The minimum atomic E-state index is -0.593. The molecule has 6 heteroatoms. The monoisotopic (exact) mass is 416 g/mol. The Hall–Kier alpha value is -2.53. The Morgan fingerprint density at radius 3 is 2.38 bits per heavy atom. The van der Waals surface area contributed by atoms with Crippen LogP contribution in [0.5, 0.6) is 5.75 Å². The first-order valence-corrected chi connectivity index (χ1v) is 10.1. The van der Waals surface area contributed by atoms with Crippen LogP contribution in [-0.4, -0.2) is 34.9 Å². The third-order valence-electron chi connectivity index (χ3n) is 4.24. The SMILES string of the molecule is CC[C@@H](C(=O)NC(C)(C)C)N(Cc1ccccc1)C(=O)COc1cccc(Cl)c1. The van der Waals surface area contributed by atoms with E-state index in [0.29, 0.717) is 23.7 Å². The average Bonchev–Trinajstić information content (AvgIpc) is 2.65. The number of amides is 2. The average molecular weight is 417 g/mol. The topological polar surface area (TPSA) is 58.6 Å². The summed E-state index contributed by atoms with van der Waals surface area (Å²) in [6.07, 6.45) is 0.498. The number of nitrogens with zero attached hydrogens (tertiary/aromatic N) is 1. The molecular formula is C23H29ClN2O3. The van der Waals surface area contributed by atoms with Gasteiger partial charge in [-0.25, -0.2) is 0 Å².